The zero-order chi connectivity index (χ0) is 16.3. The molecule has 2 heterocycles. The van der Waals surface area contributed by atoms with Crippen LogP contribution in [0.1, 0.15) is 42.4 Å². The predicted octanol–water partition coefficient (Wildman–Crippen LogP) is 1.41. The van der Waals surface area contributed by atoms with Crippen LogP contribution in [0, 0.1) is 6.92 Å². The summed E-state index contributed by atoms with van der Waals surface area (Å²) in [6.07, 6.45) is 1.86. The summed E-state index contributed by atoms with van der Waals surface area (Å²) in [5.74, 6) is -0.0603. The average Bonchev–Trinajstić information content (AvgIpc) is 2.79. The van der Waals surface area contributed by atoms with Crippen LogP contribution in [0.2, 0.25) is 0 Å². The summed E-state index contributed by atoms with van der Waals surface area (Å²) < 4.78 is 26.2. The van der Waals surface area contributed by atoms with Gasteiger partial charge in [-0.1, -0.05) is 6.92 Å². The lowest BCUT2D eigenvalue weighted by molar-refractivity contribution is 0.0918. The van der Waals surface area contributed by atoms with Gasteiger partial charge in [0.15, 0.2) is 5.69 Å². The molecule has 1 amide bonds. The fourth-order valence-electron chi connectivity index (χ4n) is 2.49. The van der Waals surface area contributed by atoms with Crippen LogP contribution < -0.4 is 5.32 Å². The van der Waals surface area contributed by atoms with E-state index in [1.807, 2.05) is 13.8 Å². The highest BCUT2D eigenvalue weighted by molar-refractivity contribution is 9.10. The molecule has 0 atom stereocenters. The monoisotopic (exact) mass is 392 g/mol. The predicted molar refractivity (Wildman–Crippen MR) is 87.2 cm³/mol. The normalized spacial score (nSPS) is 17.6. The van der Waals surface area contributed by atoms with E-state index in [1.54, 1.807) is 0 Å². The highest BCUT2D eigenvalue weighted by atomic mass is 79.9. The zero-order valence-corrected chi connectivity index (χ0v) is 15.1. The van der Waals surface area contributed by atoms with Crippen LogP contribution in [0.4, 0.5) is 0 Å². The second-order valence-electron chi connectivity index (χ2n) is 5.47. The number of aromatic amines is 1. The maximum Gasteiger partial charge on any atom is 0.273 e. The van der Waals surface area contributed by atoms with Gasteiger partial charge >= 0.3 is 0 Å². The molecule has 1 saturated heterocycles. The van der Waals surface area contributed by atoms with E-state index in [1.165, 1.54) is 4.31 Å². The fraction of sp³-hybridized carbons (Fsp3) is 0.692. The number of aromatic nitrogens is 2. The molecule has 7 nitrogen and oxygen atoms in total. The summed E-state index contributed by atoms with van der Waals surface area (Å²) in [6.45, 7) is 4.58. The van der Waals surface area contributed by atoms with Crippen molar-refractivity contribution in [2.24, 2.45) is 0 Å². The molecule has 1 aromatic rings. The lowest BCUT2D eigenvalue weighted by atomic mass is 10.1. The first-order valence-electron chi connectivity index (χ1n) is 7.34. The number of hydrogen-bond donors (Lipinski definition) is 2. The van der Waals surface area contributed by atoms with Crippen LogP contribution >= 0.6 is 15.9 Å². The third-order valence-electron chi connectivity index (χ3n) is 3.73. The standard InChI is InChI=1S/C13H21BrN4O3S/c1-3-8-22(20,21)18-6-4-10(5-7-18)15-13(19)12-11(14)9(2)16-17-12/h10H,3-8H2,1-2H3,(H,15,19)(H,16,17). The topological polar surface area (TPSA) is 95.2 Å². The minimum Gasteiger partial charge on any atom is -0.348 e. The van der Waals surface area contributed by atoms with Gasteiger partial charge in [-0.25, -0.2) is 12.7 Å². The average molecular weight is 393 g/mol. The van der Waals surface area contributed by atoms with E-state index >= 15 is 0 Å². The van der Waals surface area contributed by atoms with Gasteiger partial charge in [0.2, 0.25) is 10.0 Å². The maximum atomic E-state index is 12.2. The van der Waals surface area contributed by atoms with Crippen molar-refractivity contribution in [3.8, 4) is 0 Å². The summed E-state index contributed by atoms with van der Waals surface area (Å²) >= 11 is 3.33. The first kappa shape index (κ1) is 17.4. The van der Waals surface area contributed by atoms with Crippen LogP contribution in [0.15, 0.2) is 4.47 Å². The lowest BCUT2D eigenvalue weighted by Crippen LogP contribution is -2.47. The fourth-order valence-corrected chi connectivity index (χ4v) is 4.38. The minimum atomic E-state index is -3.15. The Morgan fingerprint density at radius 3 is 2.59 bits per heavy atom. The Kier molecular flexibility index (Phi) is 5.62. The highest BCUT2D eigenvalue weighted by Gasteiger charge is 2.28. The summed E-state index contributed by atoms with van der Waals surface area (Å²) in [5, 5.41) is 9.64. The summed E-state index contributed by atoms with van der Waals surface area (Å²) in [5.41, 5.74) is 1.13. The van der Waals surface area contributed by atoms with Crippen molar-refractivity contribution in [3.63, 3.8) is 0 Å². The van der Waals surface area contributed by atoms with Crippen molar-refractivity contribution < 1.29 is 13.2 Å². The van der Waals surface area contributed by atoms with Gasteiger partial charge in [0.05, 0.1) is 10.2 Å². The summed E-state index contributed by atoms with van der Waals surface area (Å²) in [4.78, 5) is 12.2. The van der Waals surface area contributed by atoms with Gasteiger partial charge < -0.3 is 5.32 Å². The van der Waals surface area contributed by atoms with Crippen LogP contribution in [-0.2, 0) is 10.0 Å². The molecule has 22 heavy (non-hydrogen) atoms. The molecule has 2 rings (SSSR count). The smallest absolute Gasteiger partial charge is 0.273 e. The number of nitrogens with zero attached hydrogens (tertiary/aromatic N) is 2. The number of piperidine rings is 1. The molecule has 124 valence electrons. The lowest BCUT2D eigenvalue weighted by Gasteiger charge is -2.31. The first-order valence-corrected chi connectivity index (χ1v) is 9.74. The van der Waals surface area contributed by atoms with Crippen molar-refractivity contribution in [1.29, 1.82) is 0 Å². The number of carbonyl (C=O) groups excluding carboxylic acids is 1. The number of sulfonamides is 1. The number of aryl methyl sites for hydroxylation is 1. The molecule has 0 unspecified atom stereocenters. The molecule has 0 saturated carbocycles. The van der Waals surface area contributed by atoms with Gasteiger partial charge in [-0.2, -0.15) is 5.10 Å². The second kappa shape index (κ2) is 7.10. The quantitative estimate of drug-likeness (QED) is 0.791. The van der Waals surface area contributed by atoms with Crippen molar-refractivity contribution >= 4 is 31.9 Å². The van der Waals surface area contributed by atoms with Crippen molar-refractivity contribution in [2.45, 2.75) is 39.2 Å². The molecule has 2 N–H and O–H groups in total. The molecular formula is C13H21BrN4O3S. The van der Waals surface area contributed by atoms with Gasteiger partial charge in [-0.15, -0.1) is 0 Å². The maximum absolute atomic E-state index is 12.2. The number of rotatable bonds is 5. The number of hydrogen-bond acceptors (Lipinski definition) is 4. The molecule has 1 aliphatic heterocycles. The van der Waals surface area contributed by atoms with Crippen molar-refractivity contribution in [1.82, 2.24) is 19.8 Å². The van der Waals surface area contributed by atoms with Crippen LogP contribution in [0.3, 0.4) is 0 Å². The largest absolute Gasteiger partial charge is 0.348 e. The van der Waals surface area contributed by atoms with E-state index in [0.717, 1.165) is 5.69 Å². The second-order valence-corrected chi connectivity index (χ2v) is 8.36. The van der Waals surface area contributed by atoms with Crippen molar-refractivity contribution in [2.75, 3.05) is 18.8 Å². The number of nitrogens with one attached hydrogen (secondary N) is 2. The third kappa shape index (κ3) is 3.88. The SMILES string of the molecule is CCCS(=O)(=O)N1CCC(NC(=O)c2n[nH]c(C)c2Br)CC1. The Morgan fingerprint density at radius 2 is 2.09 bits per heavy atom. The molecule has 0 spiro atoms. The van der Waals surface area contributed by atoms with E-state index in [4.69, 9.17) is 0 Å². The summed E-state index contributed by atoms with van der Waals surface area (Å²) in [6, 6.07) is -0.0236. The Hall–Kier alpha value is -0.930. The third-order valence-corrected chi connectivity index (χ3v) is 6.78. The first-order chi connectivity index (χ1) is 10.3. The molecular weight excluding hydrogens is 372 g/mol. The van der Waals surface area contributed by atoms with Gasteiger partial charge in [-0.3, -0.25) is 9.89 Å². The Balaban J connectivity index is 1.90. The number of halogens is 1. The van der Waals surface area contributed by atoms with Crippen LogP contribution in [-0.4, -0.2) is 53.7 Å². The van der Waals surface area contributed by atoms with E-state index in [2.05, 4.69) is 31.4 Å². The highest BCUT2D eigenvalue weighted by Crippen LogP contribution is 2.19. The zero-order valence-electron chi connectivity index (χ0n) is 12.7. The van der Waals surface area contributed by atoms with Crippen LogP contribution in [0.5, 0.6) is 0 Å². The molecule has 1 fully saturated rings. The molecule has 0 bridgehead atoms. The summed E-state index contributed by atoms with van der Waals surface area (Å²) in [7, 11) is -3.15. The molecule has 1 aromatic heterocycles. The molecule has 0 aromatic carbocycles. The minimum absolute atomic E-state index is 0.0236. The van der Waals surface area contributed by atoms with Gasteiger partial charge in [-0.05, 0) is 42.1 Å². The van der Waals surface area contributed by atoms with Gasteiger partial charge in [0.25, 0.3) is 5.91 Å². The van der Waals surface area contributed by atoms with E-state index in [0.29, 0.717) is 42.5 Å². The van der Waals surface area contributed by atoms with Crippen LogP contribution in [0.25, 0.3) is 0 Å². The van der Waals surface area contributed by atoms with E-state index in [-0.39, 0.29) is 17.7 Å². The molecule has 9 heteroatoms. The Morgan fingerprint density at radius 1 is 1.45 bits per heavy atom. The van der Waals surface area contributed by atoms with Gasteiger partial charge in [0.1, 0.15) is 0 Å². The molecule has 1 aliphatic rings. The molecule has 0 aliphatic carbocycles. The number of amides is 1. The Labute approximate surface area is 139 Å². The van der Waals surface area contributed by atoms with Crippen molar-refractivity contribution in [3.05, 3.63) is 15.9 Å². The number of carbonyl (C=O) groups is 1. The molecule has 0 radical (unpaired) electrons. The van der Waals surface area contributed by atoms with Gasteiger partial charge in [0, 0.05) is 24.8 Å². The van der Waals surface area contributed by atoms with E-state index < -0.39 is 10.0 Å². The number of H-pyrrole nitrogens is 1. The van der Waals surface area contributed by atoms with E-state index in [9.17, 15) is 13.2 Å². The Bertz CT molecular complexity index is 636.